The minimum Gasteiger partial charge on any atom is -0.337 e. The number of nitrogens with one attached hydrogen (secondary N) is 1. The lowest BCUT2D eigenvalue weighted by Crippen LogP contribution is -2.46. The molecule has 0 radical (unpaired) electrons. The van der Waals surface area contributed by atoms with Crippen LogP contribution in [-0.2, 0) is 19.8 Å². The molecule has 1 saturated heterocycles. The quantitative estimate of drug-likeness (QED) is 0.861. The van der Waals surface area contributed by atoms with E-state index in [0.717, 1.165) is 25.0 Å². The Bertz CT molecular complexity index is 718. The summed E-state index contributed by atoms with van der Waals surface area (Å²) < 4.78 is 41.1. The fraction of sp³-hybridized carbons (Fsp3) is 0.438. The maximum absolute atomic E-state index is 13.0. The highest BCUT2D eigenvalue weighted by molar-refractivity contribution is 6.31. The minimum absolute atomic E-state index is 0. The second-order valence-electron chi connectivity index (χ2n) is 5.90. The van der Waals surface area contributed by atoms with Crippen molar-refractivity contribution in [2.75, 3.05) is 19.6 Å². The van der Waals surface area contributed by atoms with E-state index in [1.54, 1.807) is 12.3 Å². The van der Waals surface area contributed by atoms with Gasteiger partial charge in [-0.25, -0.2) is 4.98 Å². The lowest BCUT2D eigenvalue weighted by atomic mass is 10.1. The molecule has 1 N–H and O–H groups in total. The number of imidazole rings is 1. The number of aromatic nitrogens is 2. The lowest BCUT2D eigenvalue weighted by molar-refractivity contribution is -0.137. The van der Waals surface area contributed by atoms with Crippen LogP contribution in [-0.4, -0.2) is 34.1 Å². The van der Waals surface area contributed by atoms with Gasteiger partial charge in [-0.2, -0.15) is 13.2 Å². The molecule has 1 aromatic heterocycles. The van der Waals surface area contributed by atoms with Crippen molar-refractivity contribution in [3.63, 3.8) is 0 Å². The summed E-state index contributed by atoms with van der Waals surface area (Å²) in [5.41, 5.74) is -0.196. The monoisotopic (exact) mass is 394 g/mol. The maximum atomic E-state index is 13.0. The molecule has 1 atom stereocenters. The van der Waals surface area contributed by atoms with Crippen molar-refractivity contribution in [3.8, 4) is 0 Å². The average Bonchev–Trinajstić information content (AvgIpc) is 2.95. The SMILES string of the molecule is Cl.Cn1ccnc1C1CNCCN1Cc1ccc(Cl)c(C(F)(F)F)c1. The van der Waals surface area contributed by atoms with E-state index in [1.807, 2.05) is 17.8 Å². The Morgan fingerprint density at radius 1 is 1.36 bits per heavy atom. The highest BCUT2D eigenvalue weighted by Gasteiger charge is 2.34. The van der Waals surface area contributed by atoms with E-state index in [2.05, 4.69) is 15.2 Å². The molecule has 2 aromatic rings. The number of benzene rings is 1. The summed E-state index contributed by atoms with van der Waals surface area (Å²) in [7, 11) is 1.92. The molecular weight excluding hydrogens is 376 g/mol. The van der Waals surface area contributed by atoms with E-state index in [0.29, 0.717) is 18.7 Å². The number of rotatable bonds is 3. The Labute approximate surface area is 155 Å². The summed E-state index contributed by atoms with van der Waals surface area (Å²) in [6.07, 6.45) is -0.853. The van der Waals surface area contributed by atoms with E-state index >= 15 is 0 Å². The second-order valence-corrected chi connectivity index (χ2v) is 6.31. The Hall–Kier alpha value is -1.28. The largest absolute Gasteiger partial charge is 0.417 e. The third-order valence-electron chi connectivity index (χ3n) is 4.23. The smallest absolute Gasteiger partial charge is 0.337 e. The van der Waals surface area contributed by atoms with Crippen LogP contribution >= 0.6 is 24.0 Å². The van der Waals surface area contributed by atoms with Gasteiger partial charge in [-0.15, -0.1) is 12.4 Å². The highest BCUT2D eigenvalue weighted by atomic mass is 35.5. The Kier molecular flexibility index (Phi) is 6.37. The molecule has 0 aliphatic carbocycles. The van der Waals surface area contributed by atoms with Gasteiger partial charge in [-0.1, -0.05) is 17.7 Å². The average molecular weight is 395 g/mol. The molecule has 2 heterocycles. The van der Waals surface area contributed by atoms with Crippen molar-refractivity contribution in [2.45, 2.75) is 18.8 Å². The predicted molar refractivity (Wildman–Crippen MR) is 92.9 cm³/mol. The third kappa shape index (κ3) is 4.47. The first-order valence-electron chi connectivity index (χ1n) is 7.64. The maximum Gasteiger partial charge on any atom is 0.417 e. The van der Waals surface area contributed by atoms with Crippen molar-refractivity contribution in [1.29, 1.82) is 0 Å². The number of hydrogen-bond acceptors (Lipinski definition) is 3. The molecule has 25 heavy (non-hydrogen) atoms. The van der Waals surface area contributed by atoms with E-state index < -0.39 is 11.7 Å². The molecule has 138 valence electrons. The van der Waals surface area contributed by atoms with Crippen LogP contribution in [0.15, 0.2) is 30.6 Å². The Morgan fingerprint density at radius 3 is 2.76 bits per heavy atom. The molecule has 0 spiro atoms. The van der Waals surface area contributed by atoms with Crippen LogP contribution in [0.5, 0.6) is 0 Å². The molecule has 4 nitrogen and oxygen atoms in total. The fourth-order valence-electron chi connectivity index (χ4n) is 3.01. The predicted octanol–water partition coefficient (Wildman–Crippen LogP) is 3.66. The van der Waals surface area contributed by atoms with Crippen LogP contribution in [0.1, 0.15) is 23.0 Å². The summed E-state index contributed by atoms with van der Waals surface area (Å²) in [5.74, 6) is 0.896. The van der Waals surface area contributed by atoms with Gasteiger partial charge in [0, 0.05) is 45.6 Å². The number of hydrogen-bond donors (Lipinski definition) is 1. The third-order valence-corrected chi connectivity index (χ3v) is 4.56. The zero-order valence-corrected chi connectivity index (χ0v) is 15.1. The van der Waals surface area contributed by atoms with Crippen molar-refractivity contribution in [2.24, 2.45) is 7.05 Å². The van der Waals surface area contributed by atoms with Gasteiger partial charge in [0.05, 0.1) is 16.6 Å². The van der Waals surface area contributed by atoms with Gasteiger partial charge in [-0.05, 0) is 17.7 Å². The molecule has 9 heteroatoms. The van der Waals surface area contributed by atoms with Crippen molar-refractivity contribution < 1.29 is 13.2 Å². The molecule has 0 amide bonds. The van der Waals surface area contributed by atoms with Crippen LogP contribution in [0.25, 0.3) is 0 Å². The van der Waals surface area contributed by atoms with Gasteiger partial charge in [0.2, 0.25) is 0 Å². The van der Waals surface area contributed by atoms with E-state index in [9.17, 15) is 13.2 Å². The van der Waals surface area contributed by atoms with Crippen LogP contribution in [0.3, 0.4) is 0 Å². The summed E-state index contributed by atoms with van der Waals surface area (Å²) in [4.78, 5) is 6.52. The summed E-state index contributed by atoms with van der Waals surface area (Å²) in [6.45, 7) is 2.66. The van der Waals surface area contributed by atoms with Crippen molar-refractivity contribution in [1.82, 2.24) is 19.8 Å². The molecule has 1 aliphatic rings. The topological polar surface area (TPSA) is 33.1 Å². The number of alkyl halides is 3. The highest BCUT2D eigenvalue weighted by Crippen LogP contribution is 2.35. The van der Waals surface area contributed by atoms with Gasteiger partial charge in [0.1, 0.15) is 5.82 Å². The van der Waals surface area contributed by atoms with E-state index in [1.165, 1.54) is 6.07 Å². The van der Waals surface area contributed by atoms with Gasteiger partial charge in [0.25, 0.3) is 0 Å². The number of aryl methyl sites for hydroxylation is 1. The summed E-state index contributed by atoms with van der Waals surface area (Å²) in [6, 6.07) is 4.12. The van der Waals surface area contributed by atoms with Crippen molar-refractivity contribution in [3.05, 3.63) is 52.6 Å². The first kappa shape index (κ1) is 20.0. The molecule has 0 saturated carbocycles. The standard InChI is InChI=1S/C16H18ClF3N4.ClH/c1-23-6-5-22-15(23)14-9-21-4-7-24(14)10-11-2-3-13(17)12(8-11)16(18,19)20;/h2-3,5-6,8,14,21H,4,7,9-10H2,1H3;1H. The molecule has 0 bridgehead atoms. The van der Waals surface area contributed by atoms with Gasteiger partial charge < -0.3 is 9.88 Å². The Morgan fingerprint density at radius 2 is 2.12 bits per heavy atom. The fourth-order valence-corrected chi connectivity index (χ4v) is 3.24. The van der Waals surface area contributed by atoms with E-state index in [4.69, 9.17) is 11.6 Å². The second kappa shape index (κ2) is 7.95. The number of piperazine rings is 1. The molecule has 1 aromatic carbocycles. The zero-order valence-electron chi connectivity index (χ0n) is 13.6. The first-order chi connectivity index (χ1) is 11.4. The minimum atomic E-state index is -4.45. The number of halogens is 5. The molecular formula is C16H19Cl2F3N4. The number of nitrogens with zero attached hydrogens (tertiary/aromatic N) is 3. The van der Waals surface area contributed by atoms with Crippen LogP contribution in [0.4, 0.5) is 13.2 Å². The van der Waals surface area contributed by atoms with Gasteiger partial charge >= 0.3 is 6.18 Å². The van der Waals surface area contributed by atoms with Crippen LogP contribution < -0.4 is 5.32 Å². The van der Waals surface area contributed by atoms with Crippen LogP contribution in [0, 0.1) is 0 Å². The zero-order chi connectivity index (χ0) is 17.3. The first-order valence-corrected chi connectivity index (χ1v) is 8.01. The Balaban J connectivity index is 0.00000225. The molecule has 1 aliphatic heterocycles. The summed E-state index contributed by atoms with van der Waals surface area (Å²) in [5, 5.41) is 3.04. The molecule has 3 rings (SSSR count). The van der Waals surface area contributed by atoms with Gasteiger partial charge in [0.15, 0.2) is 0 Å². The van der Waals surface area contributed by atoms with Crippen LogP contribution in [0.2, 0.25) is 5.02 Å². The molecule has 1 fully saturated rings. The van der Waals surface area contributed by atoms with E-state index in [-0.39, 0.29) is 23.5 Å². The van der Waals surface area contributed by atoms with Gasteiger partial charge in [-0.3, -0.25) is 4.90 Å². The normalized spacial score (nSPS) is 18.8. The molecule has 1 unspecified atom stereocenters. The summed E-state index contributed by atoms with van der Waals surface area (Å²) >= 11 is 5.70. The lowest BCUT2D eigenvalue weighted by Gasteiger charge is -2.35. The van der Waals surface area contributed by atoms with Crippen molar-refractivity contribution >= 4 is 24.0 Å².